The fourth-order valence-electron chi connectivity index (χ4n) is 3.64. The van der Waals surface area contributed by atoms with Crippen LogP contribution in [-0.2, 0) is 20.1 Å². The van der Waals surface area contributed by atoms with Crippen molar-refractivity contribution in [2.24, 2.45) is 13.0 Å². The molecule has 3 aromatic rings. The predicted octanol–water partition coefficient (Wildman–Crippen LogP) is 3.51. The smallest absolute Gasteiger partial charge is 0.330 e. The van der Waals surface area contributed by atoms with E-state index in [2.05, 4.69) is 18.8 Å². The summed E-state index contributed by atoms with van der Waals surface area (Å²) in [5.74, 6) is 1.42. The van der Waals surface area contributed by atoms with E-state index in [1.54, 1.807) is 0 Å². The van der Waals surface area contributed by atoms with Gasteiger partial charge < -0.3 is 15.2 Å². The second-order valence-electron chi connectivity index (χ2n) is 8.32. The van der Waals surface area contributed by atoms with Crippen molar-refractivity contribution in [1.82, 2.24) is 19.1 Å². The van der Waals surface area contributed by atoms with Crippen molar-refractivity contribution in [3.05, 3.63) is 49.9 Å². The van der Waals surface area contributed by atoms with Crippen LogP contribution < -0.4 is 21.9 Å². The van der Waals surface area contributed by atoms with Crippen molar-refractivity contribution < 1.29 is 0 Å². The van der Waals surface area contributed by atoms with Crippen molar-refractivity contribution in [1.29, 1.82) is 0 Å². The number of rotatable bonds is 9. The van der Waals surface area contributed by atoms with Crippen LogP contribution in [-0.4, -0.2) is 25.6 Å². The number of aromatic nitrogens is 4. The van der Waals surface area contributed by atoms with Crippen LogP contribution >= 0.6 is 11.6 Å². The van der Waals surface area contributed by atoms with Crippen LogP contribution in [0.1, 0.15) is 45.9 Å². The maximum absolute atomic E-state index is 12.8. The predicted molar refractivity (Wildman–Crippen MR) is 127 cm³/mol. The summed E-state index contributed by atoms with van der Waals surface area (Å²) in [6.45, 7) is 7.76. The van der Waals surface area contributed by atoms with Gasteiger partial charge in [-0.25, -0.2) is 9.78 Å². The maximum atomic E-state index is 12.8. The first kappa shape index (κ1) is 22.9. The van der Waals surface area contributed by atoms with Gasteiger partial charge in [0.2, 0.25) is 0 Å². The van der Waals surface area contributed by atoms with E-state index in [-0.39, 0.29) is 5.82 Å². The van der Waals surface area contributed by atoms with E-state index in [9.17, 15) is 9.59 Å². The Morgan fingerprint density at radius 1 is 1.29 bits per heavy atom. The number of H-pyrrole nitrogens is 1. The van der Waals surface area contributed by atoms with Crippen LogP contribution in [0.5, 0.6) is 0 Å². The highest BCUT2D eigenvalue weighted by Crippen LogP contribution is 2.24. The minimum atomic E-state index is -0.471. The third-order valence-corrected chi connectivity index (χ3v) is 5.74. The lowest BCUT2D eigenvalue weighted by Gasteiger charge is -2.26. The number of nitrogen functional groups attached to an aromatic ring is 1. The number of imidazole rings is 1. The van der Waals surface area contributed by atoms with E-state index in [1.807, 2.05) is 41.6 Å². The van der Waals surface area contributed by atoms with Gasteiger partial charge in [-0.05, 0) is 37.0 Å². The van der Waals surface area contributed by atoms with Gasteiger partial charge in [0.1, 0.15) is 17.3 Å². The molecular formula is C22H31ClN6O2. The zero-order valence-corrected chi connectivity index (χ0v) is 19.4. The number of halogens is 1. The number of anilines is 2. The number of aryl methyl sites for hydroxylation is 1. The number of hydrogen-bond donors (Lipinski definition) is 2. The van der Waals surface area contributed by atoms with Crippen LogP contribution in [0.15, 0.2) is 27.8 Å². The highest BCUT2D eigenvalue weighted by molar-refractivity contribution is 6.31. The molecule has 3 N–H and O–H groups in total. The van der Waals surface area contributed by atoms with Gasteiger partial charge >= 0.3 is 5.69 Å². The van der Waals surface area contributed by atoms with Gasteiger partial charge in [-0.15, -0.1) is 0 Å². The molecule has 2 aromatic heterocycles. The van der Waals surface area contributed by atoms with E-state index < -0.39 is 11.2 Å². The molecule has 31 heavy (non-hydrogen) atoms. The minimum absolute atomic E-state index is 0.202. The molecule has 0 amide bonds. The molecule has 1 aromatic carbocycles. The van der Waals surface area contributed by atoms with Gasteiger partial charge in [0.15, 0.2) is 0 Å². The minimum Gasteiger partial charge on any atom is -0.383 e. The van der Waals surface area contributed by atoms with Crippen molar-refractivity contribution in [3.63, 3.8) is 0 Å². The Morgan fingerprint density at radius 2 is 2.03 bits per heavy atom. The number of unbranched alkanes of at least 4 members (excludes halogenated alkanes) is 1. The Labute approximate surface area is 186 Å². The number of nitrogens with two attached hydrogens (primary N) is 1. The van der Waals surface area contributed by atoms with Crippen LogP contribution in [0.3, 0.4) is 0 Å². The molecular weight excluding hydrogens is 416 g/mol. The van der Waals surface area contributed by atoms with Crippen LogP contribution in [0, 0.1) is 5.92 Å². The summed E-state index contributed by atoms with van der Waals surface area (Å²) in [5.41, 5.74) is 7.51. The lowest BCUT2D eigenvalue weighted by molar-refractivity contribution is 0.559. The standard InChI is InChI=1S/C22H31ClN6O2/c1-5-6-10-29-20(24)19(21(30)26-22(29)31)28(11-9-14(2)3)13-18-25-16-12-15(23)7-8-17(16)27(18)4/h7-8,12,14H,5-6,9-11,13,24H2,1-4H3,(H,26,30,31). The summed E-state index contributed by atoms with van der Waals surface area (Å²) >= 11 is 6.13. The van der Waals surface area contributed by atoms with Crippen molar-refractivity contribution in [2.45, 2.75) is 53.1 Å². The van der Waals surface area contributed by atoms with E-state index in [4.69, 9.17) is 22.3 Å². The number of hydrogen-bond acceptors (Lipinski definition) is 5. The summed E-state index contributed by atoms with van der Waals surface area (Å²) < 4.78 is 3.45. The Kier molecular flexibility index (Phi) is 7.10. The van der Waals surface area contributed by atoms with Crippen LogP contribution in [0.2, 0.25) is 5.02 Å². The second-order valence-corrected chi connectivity index (χ2v) is 8.76. The van der Waals surface area contributed by atoms with Gasteiger partial charge in [-0.2, -0.15) is 0 Å². The first-order valence-electron chi connectivity index (χ1n) is 10.7. The average molecular weight is 447 g/mol. The SMILES string of the molecule is CCCCn1c(N)c(N(CCC(C)C)Cc2nc3cc(Cl)ccc3n2C)c(=O)[nH]c1=O. The van der Waals surface area contributed by atoms with E-state index >= 15 is 0 Å². The molecule has 3 rings (SSSR count). The summed E-state index contributed by atoms with van der Waals surface area (Å²) in [6.07, 6.45) is 2.58. The highest BCUT2D eigenvalue weighted by Gasteiger charge is 2.21. The molecule has 8 nitrogen and oxygen atoms in total. The summed E-state index contributed by atoms with van der Waals surface area (Å²) in [4.78, 5) is 34.3. The van der Waals surface area contributed by atoms with Gasteiger partial charge in [0.05, 0.1) is 17.6 Å². The number of fused-ring (bicyclic) bond motifs is 1. The van der Waals surface area contributed by atoms with E-state index in [0.717, 1.165) is 36.1 Å². The van der Waals surface area contributed by atoms with E-state index in [0.29, 0.717) is 36.3 Å². The number of nitrogens with zero attached hydrogens (tertiary/aromatic N) is 4. The number of nitrogens with one attached hydrogen (secondary N) is 1. The molecule has 0 saturated heterocycles. The Hall–Kier alpha value is -2.74. The molecule has 0 fully saturated rings. The fraction of sp³-hybridized carbons (Fsp3) is 0.500. The lowest BCUT2D eigenvalue weighted by atomic mass is 10.1. The molecule has 0 radical (unpaired) electrons. The largest absolute Gasteiger partial charge is 0.383 e. The zero-order valence-electron chi connectivity index (χ0n) is 18.6. The van der Waals surface area contributed by atoms with Crippen LogP contribution in [0.25, 0.3) is 11.0 Å². The Balaban J connectivity index is 2.07. The molecule has 0 saturated carbocycles. The molecule has 9 heteroatoms. The first-order valence-corrected chi connectivity index (χ1v) is 11.1. The molecule has 2 heterocycles. The quantitative estimate of drug-likeness (QED) is 0.523. The number of aromatic amines is 1. The molecule has 0 bridgehead atoms. The molecule has 0 unspecified atom stereocenters. The average Bonchev–Trinajstić information content (AvgIpc) is 3.00. The van der Waals surface area contributed by atoms with Crippen LogP contribution in [0.4, 0.5) is 11.5 Å². The lowest BCUT2D eigenvalue weighted by Crippen LogP contribution is -2.39. The molecule has 0 aliphatic heterocycles. The van der Waals surface area contributed by atoms with Gasteiger partial charge in [-0.1, -0.05) is 38.8 Å². The monoisotopic (exact) mass is 446 g/mol. The molecule has 0 atom stereocenters. The Bertz CT molecular complexity index is 1180. The van der Waals surface area contributed by atoms with Gasteiger partial charge in [0.25, 0.3) is 5.56 Å². The zero-order chi connectivity index (χ0) is 22.7. The third-order valence-electron chi connectivity index (χ3n) is 5.51. The summed E-state index contributed by atoms with van der Waals surface area (Å²) in [7, 11) is 1.94. The molecule has 168 valence electrons. The van der Waals surface area contributed by atoms with Gasteiger partial charge in [0, 0.05) is 25.2 Å². The highest BCUT2D eigenvalue weighted by atomic mass is 35.5. The molecule has 0 aliphatic rings. The number of benzene rings is 1. The maximum Gasteiger partial charge on any atom is 0.330 e. The molecule has 0 spiro atoms. The van der Waals surface area contributed by atoms with Crippen molar-refractivity contribution >= 4 is 34.1 Å². The normalized spacial score (nSPS) is 11.5. The molecule has 0 aliphatic carbocycles. The summed E-state index contributed by atoms with van der Waals surface area (Å²) in [6, 6.07) is 5.59. The topological polar surface area (TPSA) is 102 Å². The van der Waals surface area contributed by atoms with Crippen molar-refractivity contribution in [3.8, 4) is 0 Å². The van der Waals surface area contributed by atoms with Gasteiger partial charge in [-0.3, -0.25) is 14.3 Å². The Morgan fingerprint density at radius 3 is 2.71 bits per heavy atom. The fourth-order valence-corrected chi connectivity index (χ4v) is 3.81. The third kappa shape index (κ3) is 4.95. The summed E-state index contributed by atoms with van der Waals surface area (Å²) in [5, 5.41) is 0.623. The first-order chi connectivity index (χ1) is 14.7. The van der Waals surface area contributed by atoms with E-state index in [1.165, 1.54) is 4.57 Å². The van der Waals surface area contributed by atoms with Crippen molar-refractivity contribution in [2.75, 3.05) is 17.2 Å². The second kappa shape index (κ2) is 9.60.